The molecule has 34 heavy (non-hydrogen) atoms. The molecule has 1 fully saturated rings. The predicted octanol–water partition coefficient (Wildman–Crippen LogP) is 4.27. The summed E-state index contributed by atoms with van der Waals surface area (Å²) in [5.41, 5.74) is 12.3. The standard InChI is InChI=1S/C27H26N6O/c1-3-21-31-32-22-14-13-20-25(33(21)22)30-24(17-7-5-4-6-8-17)23(29-20)18-9-11-19(12-10-18)27(28)15-26(2,34)16-27/h4-14,34H,3,15-16,28H2,1-2H3. The van der Waals surface area contributed by atoms with Crippen molar-refractivity contribution in [2.45, 2.75) is 44.2 Å². The molecule has 1 aliphatic carbocycles. The fraction of sp³-hybridized carbons (Fsp3) is 0.259. The van der Waals surface area contributed by atoms with E-state index in [1.54, 1.807) is 0 Å². The van der Waals surface area contributed by atoms with Gasteiger partial charge in [0, 0.05) is 23.1 Å². The average Bonchev–Trinajstić information content (AvgIpc) is 3.26. The van der Waals surface area contributed by atoms with Crippen molar-refractivity contribution in [3.63, 3.8) is 0 Å². The molecule has 0 aliphatic heterocycles. The van der Waals surface area contributed by atoms with Crippen molar-refractivity contribution >= 4 is 16.8 Å². The van der Waals surface area contributed by atoms with E-state index in [1.807, 2.05) is 78.1 Å². The van der Waals surface area contributed by atoms with Crippen molar-refractivity contribution < 1.29 is 5.11 Å². The maximum atomic E-state index is 10.2. The number of hydrogen-bond acceptors (Lipinski definition) is 6. The monoisotopic (exact) mass is 450 g/mol. The quantitative estimate of drug-likeness (QED) is 0.424. The molecule has 3 heterocycles. The van der Waals surface area contributed by atoms with E-state index in [0.29, 0.717) is 12.8 Å². The maximum Gasteiger partial charge on any atom is 0.166 e. The summed E-state index contributed by atoms with van der Waals surface area (Å²) in [6, 6.07) is 22.2. The molecule has 3 N–H and O–H groups in total. The fourth-order valence-corrected chi connectivity index (χ4v) is 5.24. The minimum atomic E-state index is -0.692. The van der Waals surface area contributed by atoms with Crippen LogP contribution in [-0.2, 0) is 12.0 Å². The highest BCUT2D eigenvalue weighted by Crippen LogP contribution is 2.46. The van der Waals surface area contributed by atoms with E-state index in [9.17, 15) is 5.11 Å². The summed E-state index contributed by atoms with van der Waals surface area (Å²) in [7, 11) is 0. The second-order valence-corrected chi connectivity index (χ2v) is 9.58. The van der Waals surface area contributed by atoms with Gasteiger partial charge in [-0.05, 0) is 37.5 Å². The molecule has 0 spiro atoms. The second kappa shape index (κ2) is 7.41. The Balaban J connectivity index is 1.53. The van der Waals surface area contributed by atoms with Crippen LogP contribution in [0.2, 0.25) is 0 Å². The van der Waals surface area contributed by atoms with Crippen LogP contribution < -0.4 is 5.73 Å². The molecule has 2 aromatic carbocycles. The van der Waals surface area contributed by atoms with Crippen LogP contribution in [0.5, 0.6) is 0 Å². The molecule has 1 saturated carbocycles. The Kier molecular flexibility index (Phi) is 4.56. The number of nitrogens with two attached hydrogens (primary N) is 1. The highest BCUT2D eigenvalue weighted by atomic mass is 16.3. The third-order valence-corrected chi connectivity index (χ3v) is 6.75. The van der Waals surface area contributed by atoms with Gasteiger partial charge in [-0.3, -0.25) is 4.40 Å². The Bertz CT molecular complexity index is 1510. The molecule has 170 valence electrons. The van der Waals surface area contributed by atoms with E-state index < -0.39 is 11.1 Å². The van der Waals surface area contributed by atoms with Crippen LogP contribution in [0.1, 0.15) is 38.1 Å². The minimum absolute atomic E-state index is 0.490. The molecule has 0 unspecified atom stereocenters. The predicted molar refractivity (Wildman–Crippen MR) is 132 cm³/mol. The Hall–Kier alpha value is -3.68. The molecule has 6 rings (SSSR count). The lowest BCUT2D eigenvalue weighted by atomic mass is 9.63. The zero-order valence-corrected chi connectivity index (χ0v) is 19.2. The molecule has 0 amide bonds. The molecule has 0 radical (unpaired) electrons. The number of hydrogen-bond donors (Lipinski definition) is 2. The molecule has 7 heteroatoms. The third kappa shape index (κ3) is 3.28. The lowest BCUT2D eigenvalue weighted by Gasteiger charge is -2.49. The highest BCUT2D eigenvalue weighted by Gasteiger charge is 2.49. The zero-order valence-electron chi connectivity index (χ0n) is 19.2. The third-order valence-electron chi connectivity index (χ3n) is 6.75. The lowest BCUT2D eigenvalue weighted by molar-refractivity contribution is -0.0738. The Morgan fingerprint density at radius 1 is 0.882 bits per heavy atom. The van der Waals surface area contributed by atoms with Gasteiger partial charge < -0.3 is 10.8 Å². The zero-order chi connectivity index (χ0) is 23.5. The van der Waals surface area contributed by atoms with Gasteiger partial charge in [0.25, 0.3) is 0 Å². The first-order valence-electron chi connectivity index (χ1n) is 11.6. The molecule has 5 aromatic rings. The summed E-state index contributed by atoms with van der Waals surface area (Å²) in [5.74, 6) is 0.857. The van der Waals surface area contributed by atoms with Gasteiger partial charge in [0.15, 0.2) is 11.3 Å². The highest BCUT2D eigenvalue weighted by molar-refractivity contribution is 5.86. The van der Waals surface area contributed by atoms with Gasteiger partial charge in [-0.2, -0.15) is 0 Å². The molecule has 0 bridgehead atoms. The van der Waals surface area contributed by atoms with Crippen molar-refractivity contribution in [3.8, 4) is 22.5 Å². The van der Waals surface area contributed by atoms with Gasteiger partial charge in [0.1, 0.15) is 11.3 Å². The second-order valence-electron chi connectivity index (χ2n) is 9.58. The van der Waals surface area contributed by atoms with Crippen LogP contribution in [0.25, 0.3) is 39.3 Å². The maximum absolute atomic E-state index is 10.2. The fourth-order valence-electron chi connectivity index (χ4n) is 5.24. The molecule has 3 aromatic heterocycles. The number of benzene rings is 2. The van der Waals surface area contributed by atoms with Crippen molar-refractivity contribution in [2.24, 2.45) is 5.73 Å². The van der Waals surface area contributed by atoms with E-state index in [-0.39, 0.29) is 0 Å². The van der Waals surface area contributed by atoms with Gasteiger partial charge in [-0.1, -0.05) is 61.5 Å². The number of aromatic nitrogens is 5. The topological polar surface area (TPSA) is 102 Å². The Labute approximate surface area is 197 Å². The average molecular weight is 451 g/mol. The number of nitrogens with zero attached hydrogens (tertiary/aromatic N) is 5. The van der Waals surface area contributed by atoms with Crippen molar-refractivity contribution in [3.05, 3.63) is 78.1 Å². The number of pyridine rings is 1. The summed E-state index contributed by atoms with van der Waals surface area (Å²) in [5, 5.41) is 18.8. The van der Waals surface area contributed by atoms with Crippen LogP contribution >= 0.6 is 0 Å². The van der Waals surface area contributed by atoms with Crippen molar-refractivity contribution in [1.82, 2.24) is 24.6 Å². The van der Waals surface area contributed by atoms with Gasteiger partial charge in [-0.15, -0.1) is 10.2 Å². The number of aryl methyl sites for hydroxylation is 1. The minimum Gasteiger partial charge on any atom is -0.390 e. The van der Waals surface area contributed by atoms with Crippen LogP contribution in [-0.4, -0.2) is 35.3 Å². The van der Waals surface area contributed by atoms with E-state index in [4.69, 9.17) is 15.7 Å². The first kappa shape index (κ1) is 20.9. The van der Waals surface area contributed by atoms with E-state index in [2.05, 4.69) is 17.1 Å². The normalized spacial score (nSPS) is 22.2. The lowest BCUT2D eigenvalue weighted by Crippen LogP contribution is -2.58. The van der Waals surface area contributed by atoms with Gasteiger partial charge in [0.2, 0.25) is 0 Å². The first-order chi connectivity index (χ1) is 16.4. The largest absolute Gasteiger partial charge is 0.390 e. The van der Waals surface area contributed by atoms with E-state index in [0.717, 1.165) is 57.1 Å². The smallest absolute Gasteiger partial charge is 0.166 e. The summed E-state index contributed by atoms with van der Waals surface area (Å²) in [6.45, 7) is 3.89. The number of rotatable bonds is 4. The molecule has 0 atom stereocenters. The van der Waals surface area contributed by atoms with Crippen LogP contribution in [0.4, 0.5) is 0 Å². The summed E-state index contributed by atoms with van der Waals surface area (Å²) in [4.78, 5) is 10.2. The first-order valence-corrected chi connectivity index (χ1v) is 11.6. The van der Waals surface area contributed by atoms with Crippen molar-refractivity contribution in [1.29, 1.82) is 0 Å². The Morgan fingerprint density at radius 3 is 2.24 bits per heavy atom. The van der Waals surface area contributed by atoms with Gasteiger partial charge in [-0.25, -0.2) is 9.97 Å². The molecule has 1 aliphatic rings. The van der Waals surface area contributed by atoms with Crippen molar-refractivity contribution in [2.75, 3.05) is 0 Å². The SMILES string of the molecule is CCc1nnc2ccc3nc(-c4ccc(C5(N)CC(C)(O)C5)cc4)c(-c4ccccc4)nc3n12. The van der Waals surface area contributed by atoms with Gasteiger partial charge in [0.05, 0.1) is 17.0 Å². The summed E-state index contributed by atoms with van der Waals surface area (Å²) in [6.07, 6.45) is 1.86. The summed E-state index contributed by atoms with van der Waals surface area (Å²) >= 11 is 0. The molecular formula is C27H26N6O. The van der Waals surface area contributed by atoms with Crippen LogP contribution in [0, 0.1) is 0 Å². The van der Waals surface area contributed by atoms with Crippen LogP contribution in [0.3, 0.4) is 0 Å². The van der Waals surface area contributed by atoms with E-state index in [1.165, 1.54) is 0 Å². The molecular weight excluding hydrogens is 424 g/mol. The number of fused-ring (bicyclic) bond motifs is 3. The van der Waals surface area contributed by atoms with Crippen LogP contribution in [0.15, 0.2) is 66.7 Å². The Morgan fingerprint density at radius 2 is 1.56 bits per heavy atom. The van der Waals surface area contributed by atoms with E-state index >= 15 is 0 Å². The molecule has 0 saturated heterocycles. The molecule has 7 nitrogen and oxygen atoms in total. The summed E-state index contributed by atoms with van der Waals surface area (Å²) < 4.78 is 1.99. The van der Waals surface area contributed by atoms with Gasteiger partial charge >= 0.3 is 0 Å². The number of aliphatic hydroxyl groups is 1.